The van der Waals surface area contributed by atoms with Crippen LogP contribution in [0.15, 0.2) is 28.5 Å². The molecule has 3 aliphatic heterocycles. The Bertz CT molecular complexity index is 1700. The lowest BCUT2D eigenvalue weighted by molar-refractivity contribution is -0.125. The van der Waals surface area contributed by atoms with Gasteiger partial charge in [0, 0.05) is 48.0 Å². The summed E-state index contributed by atoms with van der Waals surface area (Å²) in [5.41, 5.74) is 2.68. The first-order valence-corrected chi connectivity index (χ1v) is 16.7. The van der Waals surface area contributed by atoms with E-state index in [4.69, 9.17) is 23.7 Å². The van der Waals surface area contributed by atoms with Gasteiger partial charge >= 0.3 is 6.09 Å². The number of alkyl carbamates (subject to hydrolysis) is 1. The normalized spacial score (nSPS) is 25.5. The molecular weight excluding hydrogens is 646 g/mol. The minimum absolute atomic E-state index is 0.0302. The maximum absolute atomic E-state index is 14.1. The third-order valence-corrected chi connectivity index (χ3v) is 9.96. The fourth-order valence-corrected chi connectivity index (χ4v) is 7.95. The molecule has 0 saturated carbocycles. The summed E-state index contributed by atoms with van der Waals surface area (Å²) < 4.78 is 28.1. The van der Waals surface area contributed by atoms with Crippen LogP contribution in [0.2, 0.25) is 0 Å². The van der Waals surface area contributed by atoms with Gasteiger partial charge < -0.3 is 34.3 Å². The summed E-state index contributed by atoms with van der Waals surface area (Å²) in [6, 6.07) is 0.775. The molecule has 1 aromatic rings. The van der Waals surface area contributed by atoms with Gasteiger partial charge in [-0.3, -0.25) is 24.2 Å². The highest BCUT2D eigenvalue weighted by Gasteiger charge is 2.58. The maximum Gasteiger partial charge on any atom is 0.408 e. The molecule has 2 amide bonds. The van der Waals surface area contributed by atoms with Crippen LogP contribution < -0.4 is 20.1 Å². The summed E-state index contributed by atoms with van der Waals surface area (Å²) in [6.07, 6.45) is -0.0997. The smallest absolute Gasteiger partial charge is 0.408 e. The Morgan fingerprint density at radius 1 is 1.06 bits per heavy atom. The van der Waals surface area contributed by atoms with Gasteiger partial charge in [0.25, 0.3) is 0 Å². The molecule has 14 heteroatoms. The third-order valence-electron chi connectivity index (χ3n) is 9.96. The van der Waals surface area contributed by atoms with Crippen molar-refractivity contribution in [2.24, 2.45) is 0 Å². The number of amides is 2. The summed E-state index contributed by atoms with van der Waals surface area (Å²) in [6.45, 7) is 10.0. The zero-order valence-corrected chi connectivity index (χ0v) is 30.4. The number of ketones is 2. The quantitative estimate of drug-likeness (QED) is 0.287. The van der Waals surface area contributed by atoms with E-state index >= 15 is 0 Å². The Balaban J connectivity index is 1.62. The fraction of sp³-hybridized carbons (Fsp3) is 0.583. The molecule has 2 bridgehead atoms. The van der Waals surface area contributed by atoms with E-state index in [2.05, 4.69) is 27.7 Å². The number of hydrogen-bond donors (Lipinski definition) is 2. The van der Waals surface area contributed by atoms with Crippen LogP contribution in [0.1, 0.15) is 63.8 Å². The van der Waals surface area contributed by atoms with Gasteiger partial charge in [0.2, 0.25) is 11.7 Å². The first-order chi connectivity index (χ1) is 23.6. The predicted molar refractivity (Wildman–Crippen MR) is 180 cm³/mol. The van der Waals surface area contributed by atoms with Crippen molar-refractivity contribution in [3.63, 3.8) is 0 Å². The van der Waals surface area contributed by atoms with Crippen molar-refractivity contribution in [1.29, 1.82) is 5.26 Å². The van der Waals surface area contributed by atoms with Crippen molar-refractivity contribution in [3.8, 4) is 17.6 Å². The van der Waals surface area contributed by atoms with Gasteiger partial charge in [-0.2, -0.15) is 5.26 Å². The standard InChI is InChI=1S/C36H47N5O9/c1-17-11-20-12-22-24(14-37)41-23(28(40(22)7)26(20)33(31(17)47-9)49-16-46-8)13-21-27(30(43)32(48-10)18(2)29(21)42)25(41)15-38-34(44)19(3)39-35(45)50-36(4,5)6/h11,19,22-25,28H,12-13,15-16H2,1-10H3,(H,38,44)(H,39,45)/t19-,22-,23?,24-,25-,28?/m0/s1. The molecule has 6 atom stereocenters. The van der Waals surface area contributed by atoms with E-state index in [1.807, 2.05) is 18.9 Å². The van der Waals surface area contributed by atoms with Crippen molar-refractivity contribution >= 4 is 23.6 Å². The molecule has 1 saturated heterocycles. The SMILES string of the molecule is COCOc1c(OC)c(C)cc2c1C1C3CC4=C(C(=O)C(OC)=C(C)C4=O)[C@H](CNC(=O)[C@H](C)NC(=O)OC(C)(C)C)N3[C@@H](C#N)[C@H](C2)N1C. The zero-order valence-electron chi connectivity index (χ0n) is 30.4. The molecule has 50 heavy (non-hydrogen) atoms. The average molecular weight is 694 g/mol. The van der Waals surface area contributed by atoms with E-state index in [0.717, 1.165) is 16.7 Å². The van der Waals surface area contributed by atoms with E-state index in [-0.39, 0.29) is 48.5 Å². The molecular formula is C36H47N5O9. The van der Waals surface area contributed by atoms with Gasteiger partial charge in [0.1, 0.15) is 17.7 Å². The van der Waals surface area contributed by atoms with Crippen molar-refractivity contribution in [2.75, 3.05) is 41.7 Å². The number of nitrogens with zero attached hydrogens (tertiary/aromatic N) is 3. The lowest BCUT2D eigenvalue weighted by atomic mass is 9.69. The molecule has 2 N–H and O–H groups in total. The van der Waals surface area contributed by atoms with Crippen molar-refractivity contribution in [1.82, 2.24) is 20.4 Å². The van der Waals surface area contributed by atoms with Crippen molar-refractivity contribution in [3.05, 3.63) is 45.2 Å². The molecule has 270 valence electrons. The molecule has 1 aliphatic carbocycles. The molecule has 0 spiro atoms. The summed E-state index contributed by atoms with van der Waals surface area (Å²) in [5.74, 6) is -0.298. The van der Waals surface area contributed by atoms with Crippen LogP contribution in [0, 0.1) is 18.3 Å². The van der Waals surface area contributed by atoms with Crippen LogP contribution in [-0.2, 0) is 35.0 Å². The highest BCUT2D eigenvalue weighted by Crippen LogP contribution is 2.54. The maximum atomic E-state index is 14.1. The van der Waals surface area contributed by atoms with Crippen LogP contribution >= 0.6 is 0 Å². The Labute approximate surface area is 292 Å². The van der Waals surface area contributed by atoms with E-state index in [9.17, 15) is 24.4 Å². The summed E-state index contributed by atoms with van der Waals surface area (Å²) in [5, 5.41) is 16.2. The number of piperazine rings is 1. The molecule has 0 aromatic heterocycles. The molecule has 3 heterocycles. The van der Waals surface area contributed by atoms with E-state index in [0.29, 0.717) is 23.5 Å². The van der Waals surface area contributed by atoms with E-state index in [1.165, 1.54) is 21.1 Å². The van der Waals surface area contributed by atoms with Crippen molar-refractivity contribution < 1.29 is 42.9 Å². The van der Waals surface area contributed by atoms with E-state index in [1.54, 1.807) is 34.8 Å². The number of methoxy groups -OCH3 is 3. The lowest BCUT2D eigenvalue weighted by Crippen LogP contribution is -2.71. The number of nitrogens with one attached hydrogen (secondary N) is 2. The number of aryl methyl sites for hydroxylation is 1. The van der Waals surface area contributed by atoms with Crippen LogP contribution in [0.4, 0.5) is 4.79 Å². The molecule has 0 radical (unpaired) electrons. The number of hydrogen-bond acceptors (Lipinski definition) is 12. The van der Waals surface area contributed by atoms with Gasteiger partial charge in [0.05, 0.1) is 32.4 Å². The Hall–Kier alpha value is -4.45. The number of fused-ring (bicyclic) bond motifs is 6. The topological polar surface area (TPSA) is 169 Å². The molecule has 14 nitrogen and oxygen atoms in total. The predicted octanol–water partition coefficient (Wildman–Crippen LogP) is 2.63. The number of allylic oxidation sites excluding steroid dienone is 2. The average Bonchev–Trinajstić information content (AvgIpc) is 3.04. The minimum atomic E-state index is -0.986. The number of carbonyl (C=O) groups is 4. The summed E-state index contributed by atoms with van der Waals surface area (Å²) in [7, 11) is 6.41. The zero-order chi connectivity index (χ0) is 36.8. The Kier molecular flexibility index (Phi) is 10.3. The minimum Gasteiger partial charge on any atom is -0.493 e. The fourth-order valence-electron chi connectivity index (χ4n) is 7.95. The number of carbonyl (C=O) groups excluding carboxylic acids is 4. The van der Waals surface area contributed by atoms with Gasteiger partial charge in [-0.1, -0.05) is 6.07 Å². The van der Waals surface area contributed by atoms with Crippen LogP contribution in [0.5, 0.6) is 11.5 Å². The summed E-state index contributed by atoms with van der Waals surface area (Å²) in [4.78, 5) is 58.1. The van der Waals surface area contributed by atoms with Crippen LogP contribution in [0.25, 0.3) is 0 Å². The monoisotopic (exact) mass is 693 g/mol. The first kappa shape index (κ1) is 36.8. The van der Waals surface area contributed by atoms with E-state index < -0.39 is 53.6 Å². The summed E-state index contributed by atoms with van der Waals surface area (Å²) >= 11 is 0. The molecule has 2 unspecified atom stereocenters. The number of benzene rings is 1. The lowest BCUT2D eigenvalue weighted by Gasteiger charge is -2.60. The number of Topliss-reactive ketones (excluding diaryl/α,β-unsaturated/α-hetero) is 2. The Morgan fingerprint density at radius 3 is 2.36 bits per heavy atom. The second-order valence-corrected chi connectivity index (χ2v) is 14.2. The van der Waals surface area contributed by atoms with Gasteiger partial charge in [-0.25, -0.2) is 4.79 Å². The van der Waals surface area contributed by atoms with Gasteiger partial charge in [-0.05, 0) is 72.6 Å². The number of ether oxygens (including phenoxy) is 5. The number of nitriles is 1. The second-order valence-electron chi connectivity index (χ2n) is 14.2. The number of likely N-dealkylation sites (N-methyl/N-ethyl adjacent to an activating group) is 1. The molecule has 5 rings (SSSR count). The highest BCUT2D eigenvalue weighted by molar-refractivity contribution is 6.25. The molecule has 1 aromatic carbocycles. The van der Waals surface area contributed by atoms with Crippen LogP contribution in [0.3, 0.4) is 0 Å². The van der Waals surface area contributed by atoms with Gasteiger partial charge in [0.15, 0.2) is 29.8 Å². The Morgan fingerprint density at radius 2 is 1.76 bits per heavy atom. The highest BCUT2D eigenvalue weighted by atomic mass is 16.7. The van der Waals surface area contributed by atoms with Crippen molar-refractivity contribution in [2.45, 2.75) is 96.2 Å². The second kappa shape index (κ2) is 14.0. The van der Waals surface area contributed by atoms with Crippen LogP contribution in [-0.4, -0.2) is 111 Å². The first-order valence-electron chi connectivity index (χ1n) is 16.7. The number of rotatable bonds is 9. The third kappa shape index (κ3) is 6.34. The largest absolute Gasteiger partial charge is 0.493 e. The van der Waals surface area contributed by atoms with Gasteiger partial charge in [-0.15, -0.1) is 0 Å². The molecule has 4 aliphatic rings. The molecule has 1 fully saturated rings.